The monoisotopic (exact) mass is 426 g/mol. The van der Waals surface area contributed by atoms with Gasteiger partial charge in [-0.25, -0.2) is 0 Å². The quantitative estimate of drug-likeness (QED) is 0.541. The number of benzene rings is 2. The number of hydrogen-bond donors (Lipinski definition) is 1. The number of furan rings is 1. The molecule has 0 aliphatic heterocycles. The third-order valence-electron chi connectivity index (χ3n) is 5.66. The molecular formula is C25H31ClN2O2. The van der Waals surface area contributed by atoms with Gasteiger partial charge in [-0.2, -0.15) is 0 Å². The van der Waals surface area contributed by atoms with Crippen molar-refractivity contribution in [3.8, 4) is 0 Å². The second kappa shape index (κ2) is 8.44. The van der Waals surface area contributed by atoms with Gasteiger partial charge in [-0.1, -0.05) is 56.6 Å². The highest BCUT2D eigenvalue weighted by molar-refractivity contribution is 6.32. The molecule has 0 aliphatic carbocycles. The summed E-state index contributed by atoms with van der Waals surface area (Å²) in [6.07, 6.45) is 0. The Balaban J connectivity index is 1.79. The maximum atomic E-state index is 12.9. The van der Waals surface area contributed by atoms with Crippen LogP contribution in [-0.2, 0) is 5.41 Å². The molecule has 1 heterocycles. The highest BCUT2D eigenvalue weighted by Gasteiger charge is 2.22. The second-order valence-electron chi connectivity index (χ2n) is 9.22. The lowest BCUT2D eigenvalue weighted by Crippen LogP contribution is -2.34. The molecule has 3 aromatic rings. The number of nitrogens with one attached hydrogen (secondary N) is 1. The number of carbonyl (C=O) groups excluding carboxylic acids is 1. The van der Waals surface area contributed by atoms with Crippen LogP contribution in [0.25, 0.3) is 11.0 Å². The minimum Gasteiger partial charge on any atom is -0.451 e. The van der Waals surface area contributed by atoms with Gasteiger partial charge in [-0.15, -0.1) is 0 Å². The van der Waals surface area contributed by atoms with E-state index in [0.29, 0.717) is 22.9 Å². The molecule has 0 radical (unpaired) electrons. The molecule has 0 bridgehead atoms. The lowest BCUT2D eigenvalue weighted by atomic mass is 9.86. The zero-order chi connectivity index (χ0) is 22.2. The number of nitrogens with zero attached hydrogens (tertiary/aromatic N) is 1. The van der Waals surface area contributed by atoms with Gasteiger partial charge in [0.2, 0.25) is 0 Å². The molecule has 3 rings (SSSR count). The Morgan fingerprint density at radius 3 is 2.33 bits per heavy atom. The van der Waals surface area contributed by atoms with E-state index in [1.165, 1.54) is 5.56 Å². The Labute approximate surface area is 184 Å². The van der Waals surface area contributed by atoms with Crippen LogP contribution in [0.15, 0.2) is 40.8 Å². The predicted octanol–water partition coefficient (Wildman–Crippen LogP) is 6.03. The van der Waals surface area contributed by atoms with Crippen LogP contribution in [0.5, 0.6) is 0 Å². The minimum absolute atomic E-state index is 0.0596. The Morgan fingerprint density at radius 1 is 1.13 bits per heavy atom. The molecular weight excluding hydrogens is 396 g/mol. The fourth-order valence-electron chi connectivity index (χ4n) is 3.63. The number of aryl methyl sites for hydroxylation is 2. The van der Waals surface area contributed by atoms with Gasteiger partial charge in [0.25, 0.3) is 5.91 Å². The second-order valence-corrected chi connectivity index (χ2v) is 9.62. The van der Waals surface area contributed by atoms with Gasteiger partial charge in [0.05, 0.1) is 6.04 Å². The molecule has 0 aliphatic rings. The fraction of sp³-hybridized carbons (Fsp3) is 0.400. The summed E-state index contributed by atoms with van der Waals surface area (Å²) < 4.78 is 5.86. The molecule has 1 N–H and O–H groups in total. The summed E-state index contributed by atoms with van der Waals surface area (Å²) in [5, 5.41) is 4.59. The van der Waals surface area contributed by atoms with Gasteiger partial charge in [-0.05, 0) is 62.2 Å². The summed E-state index contributed by atoms with van der Waals surface area (Å²) in [7, 11) is 4.04. The van der Waals surface area contributed by atoms with E-state index in [9.17, 15) is 4.79 Å². The number of amides is 1. The van der Waals surface area contributed by atoms with E-state index in [0.717, 1.165) is 22.1 Å². The van der Waals surface area contributed by atoms with Crippen molar-refractivity contribution in [1.82, 2.24) is 10.2 Å². The molecule has 1 aromatic heterocycles. The van der Waals surface area contributed by atoms with E-state index in [1.54, 1.807) is 0 Å². The van der Waals surface area contributed by atoms with Crippen molar-refractivity contribution in [3.05, 3.63) is 69.4 Å². The minimum atomic E-state index is -0.212. The van der Waals surface area contributed by atoms with Gasteiger partial charge >= 0.3 is 0 Å². The van der Waals surface area contributed by atoms with Crippen LogP contribution in [0, 0.1) is 13.8 Å². The standard InChI is InChI=1S/C25H31ClN2O2/c1-15-12-22-19(13-20(15)26)16(2)23(30-22)24(29)27-14-21(28(6)7)17-8-10-18(11-9-17)25(3,4)5/h8-13,21H,14H2,1-7H3,(H,27,29)/t21-/m1/s1. The number of fused-ring (bicyclic) bond motifs is 1. The first-order chi connectivity index (χ1) is 14.0. The summed E-state index contributed by atoms with van der Waals surface area (Å²) >= 11 is 6.25. The third-order valence-corrected chi connectivity index (χ3v) is 6.07. The molecule has 160 valence electrons. The summed E-state index contributed by atoms with van der Waals surface area (Å²) in [5.74, 6) is 0.128. The highest BCUT2D eigenvalue weighted by atomic mass is 35.5. The van der Waals surface area contributed by atoms with Gasteiger partial charge in [0.1, 0.15) is 5.58 Å². The van der Waals surface area contributed by atoms with Crippen molar-refractivity contribution in [3.63, 3.8) is 0 Å². The Morgan fingerprint density at radius 2 is 1.77 bits per heavy atom. The van der Waals surface area contributed by atoms with E-state index in [4.69, 9.17) is 16.0 Å². The molecule has 1 atom stereocenters. The van der Waals surface area contributed by atoms with Crippen LogP contribution in [0.4, 0.5) is 0 Å². The SMILES string of the molecule is Cc1cc2oc(C(=O)NC[C@H](c3ccc(C(C)(C)C)cc3)N(C)C)c(C)c2cc1Cl. The summed E-state index contributed by atoms with van der Waals surface area (Å²) in [6.45, 7) is 10.9. The van der Waals surface area contributed by atoms with Crippen LogP contribution >= 0.6 is 11.6 Å². The number of likely N-dealkylation sites (N-methyl/N-ethyl adjacent to an activating group) is 1. The van der Waals surface area contributed by atoms with Crippen LogP contribution in [0.3, 0.4) is 0 Å². The van der Waals surface area contributed by atoms with Crippen molar-refractivity contribution in [2.45, 2.75) is 46.1 Å². The van der Waals surface area contributed by atoms with E-state index >= 15 is 0 Å². The number of hydrogen-bond acceptors (Lipinski definition) is 3. The number of carbonyl (C=O) groups is 1. The van der Waals surface area contributed by atoms with E-state index < -0.39 is 0 Å². The number of rotatable bonds is 5. The van der Waals surface area contributed by atoms with E-state index in [2.05, 4.69) is 55.3 Å². The number of halogens is 1. The highest BCUT2D eigenvalue weighted by Crippen LogP contribution is 2.30. The van der Waals surface area contributed by atoms with Gasteiger partial charge < -0.3 is 14.6 Å². The zero-order valence-corrected chi connectivity index (χ0v) is 19.6. The molecule has 1 amide bonds. The summed E-state index contributed by atoms with van der Waals surface area (Å²) in [5.41, 5.74) is 4.98. The Bertz CT molecular complexity index is 1060. The van der Waals surface area contributed by atoms with Crippen molar-refractivity contribution in [2.75, 3.05) is 20.6 Å². The molecule has 0 unspecified atom stereocenters. The lowest BCUT2D eigenvalue weighted by Gasteiger charge is -2.26. The van der Waals surface area contributed by atoms with Crippen molar-refractivity contribution in [2.24, 2.45) is 0 Å². The first kappa shape index (κ1) is 22.4. The van der Waals surface area contributed by atoms with Crippen molar-refractivity contribution in [1.29, 1.82) is 0 Å². The maximum absolute atomic E-state index is 12.9. The first-order valence-corrected chi connectivity index (χ1v) is 10.6. The van der Waals surface area contributed by atoms with Gasteiger partial charge in [0.15, 0.2) is 5.76 Å². The topological polar surface area (TPSA) is 45.5 Å². The van der Waals surface area contributed by atoms with Crippen molar-refractivity contribution >= 4 is 28.5 Å². The van der Waals surface area contributed by atoms with Crippen LogP contribution in [0.1, 0.15) is 59.6 Å². The zero-order valence-electron chi connectivity index (χ0n) is 18.9. The van der Waals surface area contributed by atoms with Crippen LogP contribution in [0.2, 0.25) is 5.02 Å². The van der Waals surface area contributed by atoms with Crippen LogP contribution in [-0.4, -0.2) is 31.4 Å². The van der Waals surface area contributed by atoms with Gasteiger partial charge in [-0.3, -0.25) is 4.79 Å². The van der Waals surface area contributed by atoms with E-state index in [1.807, 2.05) is 40.1 Å². The molecule has 0 spiro atoms. The average Bonchev–Trinajstić information content (AvgIpc) is 2.97. The first-order valence-electron chi connectivity index (χ1n) is 10.2. The maximum Gasteiger partial charge on any atom is 0.287 e. The summed E-state index contributed by atoms with van der Waals surface area (Å²) in [6, 6.07) is 12.4. The molecule has 30 heavy (non-hydrogen) atoms. The van der Waals surface area contributed by atoms with E-state index in [-0.39, 0.29) is 17.4 Å². The summed E-state index contributed by atoms with van der Waals surface area (Å²) in [4.78, 5) is 15.0. The molecule has 5 heteroatoms. The largest absolute Gasteiger partial charge is 0.451 e. The smallest absolute Gasteiger partial charge is 0.287 e. The molecule has 0 saturated carbocycles. The fourth-order valence-corrected chi connectivity index (χ4v) is 3.80. The molecule has 0 saturated heterocycles. The molecule has 4 nitrogen and oxygen atoms in total. The molecule has 0 fully saturated rings. The van der Waals surface area contributed by atoms with Gasteiger partial charge in [0, 0.05) is 22.5 Å². The average molecular weight is 427 g/mol. The normalized spacial score (nSPS) is 13.1. The van der Waals surface area contributed by atoms with Crippen LogP contribution < -0.4 is 5.32 Å². The molecule has 2 aromatic carbocycles. The predicted molar refractivity (Wildman–Crippen MR) is 125 cm³/mol. The third kappa shape index (κ3) is 4.55. The Kier molecular flexibility index (Phi) is 6.30. The Hall–Kier alpha value is -2.30. The lowest BCUT2D eigenvalue weighted by molar-refractivity contribution is 0.0915. The van der Waals surface area contributed by atoms with Crippen molar-refractivity contribution < 1.29 is 9.21 Å².